The highest BCUT2D eigenvalue weighted by atomic mass is 32.2. The van der Waals surface area contributed by atoms with Gasteiger partial charge in [-0.25, -0.2) is 17.2 Å². The molecule has 2 rings (SSSR count). The highest BCUT2D eigenvalue weighted by molar-refractivity contribution is 7.92. The number of hydrogen-bond acceptors (Lipinski definition) is 3. The highest BCUT2D eigenvalue weighted by Gasteiger charge is 2.28. The minimum absolute atomic E-state index is 0.0523. The van der Waals surface area contributed by atoms with Crippen LogP contribution in [0.2, 0.25) is 0 Å². The van der Waals surface area contributed by atoms with Crippen molar-refractivity contribution in [3.63, 3.8) is 0 Å². The van der Waals surface area contributed by atoms with Gasteiger partial charge in [-0.1, -0.05) is 0 Å². The molecule has 0 spiro atoms. The molecule has 0 aromatic heterocycles. The summed E-state index contributed by atoms with van der Waals surface area (Å²) in [5.74, 6) is -1.77. The van der Waals surface area contributed by atoms with E-state index in [2.05, 4.69) is 4.72 Å². The second kappa shape index (κ2) is 4.14. The molecule has 1 fully saturated rings. The molecule has 4 nitrogen and oxygen atoms in total. The second-order valence-corrected chi connectivity index (χ2v) is 5.95. The molecule has 1 aliphatic rings. The zero-order valence-corrected chi connectivity index (χ0v) is 9.73. The fourth-order valence-electron chi connectivity index (χ4n) is 1.49. The quantitative estimate of drug-likeness (QED) is 0.811. The number of anilines is 2. The molecule has 1 aromatic carbocycles. The predicted octanol–water partition coefficient (Wildman–Crippen LogP) is 1.70. The van der Waals surface area contributed by atoms with E-state index in [0.717, 1.165) is 18.9 Å². The van der Waals surface area contributed by atoms with Crippen LogP contribution in [-0.2, 0) is 10.0 Å². The average Bonchev–Trinajstić information content (AvgIpc) is 2.94. The standard InChI is InChI=1S/C10H12F2N2O2S/c11-7-3-8(12)10(9(13)4-7)14-17(15,16)5-6-1-2-6/h3-4,6,14H,1-2,5,13H2. The maximum atomic E-state index is 13.3. The number of hydrogen-bond donors (Lipinski definition) is 2. The summed E-state index contributed by atoms with van der Waals surface area (Å²) in [7, 11) is -3.62. The first-order chi connectivity index (χ1) is 7.87. The van der Waals surface area contributed by atoms with Crippen molar-refractivity contribution >= 4 is 21.4 Å². The normalized spacial score (nSPS) is 15.9. The number of benzene rings is 1. The first kappa shape index (κ1) is 12.1. The van der Waals surface area contributed by atoms with Crippen molar-refractivity contribution in [1.82, 2.24) is 0 Å². The van der Waals surface area contributed by atoms with Gasteiger partial charge in [0.15, 0.2) is 5.82 Å². The molecule has 0 heterocycles. The fraction of sp³-hybridized carbons (Fsp3) is 0.400. The number of halogens is 2. The van der Waals surface area contributed by atoms with Crippen LogP contribution in [0.15, 0.2) is 12.1 Å². The molecule has 1 aliphatic carbocycles. The van der Waals surface area contributed by atoms with Crippen LogP contribution in [-0.4, -0.2) is 14.2 Å². The second-order valence-electron chi connectivity index (χ2n) is 4.18. The zero-order valence-electron chi connectivity index (χ0n) is 8.91. The molecule has 3 N–H and O–H groups in total. The lowest BCUT2D eigenvalue weighted by Gasteiger charge is -2.10. The summed E-state index contributed by atoms with van der Waals surface area (Å²) >= 11 is 0. The van der Waals surface area contributed by atoms with Gasteiger partial charge in [-0.05, 0) is 24.8 Å². The van der Waals surface area contributed by atoms with Crippen LogP contribution in [0.3, 0.4) is 0 Å². The van der Waals surface area contributed by atoms with Gasteiger partial charge in [-0.15, -0.1) is 0 Å². The minimum Gasteiger partial charge on any atom is -0.397 e. The molecule has 94 valence electrons. The minimum atomic E-state index is -3.62. The molecular weight excluding hydrogens is 250 g/mol. The maximum absolute atomic E-state index is 13.3. The van der Waals surface area contributed by atoms with E-state index in [4.69, 9.17) is 5.73 Å². The Morgan fingerprint density at radius 2 is 2.00 bits per heavy atom. The molecule has 0 unspecified atom stereocenters. The van der Waals surface area contributed by atoms with Crippen molar-refractivity contribution in [2.24, 2.45) is 5.92 Å². The molecule has 0 saturated heterocycles. The topological polar surface area (TPSA) is 72.2 Å². The molecule has 1 saturated carbocycles. The number of nitrogens with one attached hydrogen (secondary N) is 1. The van der Waals surface area contributed by atoms with Crippen molar-refractivity contribution in [2.45, 2.75) is 12.8 Å². The van der Waals surface area contributed by atoms with Crippen LogP contribution < -0.4 is 10.5 Å². The van der Waals surface area contributed by atoms with E-state index in [1.54, 1.807) is 0 Å². The summed E-state index contributed by atoms with van der Waals surface area (Å²) in [6.45, 7) is 0. The molecule has 0 radical (unpaired) electrons. The number of nitrogen functional groups attached to an aromatic ring is 1. The van der Waals surface area contributed by atoms with Gasteiger partial charge in [0, 0.05) is 6.07 Å². The van der Waals surface area contributed by atoms with Gasteiger partial charge in [0.1, 0.15) is 11.5 Å². The number of sulfonamides is 1. The highest BCUT2D eigenvalue weighted by Crippen LogP contribution is 2.32. The Kier molecular flexibility index (Phi) is 2.94. The largest absolute Gasteiger partial charge is 0.397 e. The lowest BCUT2D eigenvalue weighted by atomic mass is 10.2. The predicted molar refractivity (Wildman–Crippen MR) is 60.9 cm³/mol. The summed E-state index contributed by atoms with van der Waals surface area (Å²) in [5, 5.41) is 0. The summed E-state index contributed by atoms with van der Waals surface area (Å²) in [6, 6.07) is 1.46. The SMILES string of the molecule is Nc1cc(F)cc(F)c1NS(=O)(=O)CC1CC1. The molecule has 1 aromatic rings. The van der Waals surface area contributed by atoms with Crippen LogP contribution >= 0.6 is 0 Å². The summed E-state index contributed by atoms with van der Waals surface area (Å²) < 4.78 is 51.4. The Labute approximate surface area is 97.9 Å². The van der Waals surface area contributed by atoms with E-state index in [0.29, 0.717) is 6.07 Å². The van der Waals surface area contributed by atoms with Crippen molar-refractivity contribution < 1.29 is 17.2 Å². The Morgan fingerprint density at radius 3 is 2.53 bits per heavy atom. The first-order valence-corrected chi connectivity index (χ1v) is 6.77. The van der Waals surface area contributed by atoms with Crippen LogP contribution in [0.5, 0.6) is 0 Å². The molecule has 0 aliphatic heterocycles. The van der Waals surface area contributed by atoms with E-state index in [1.165, 1.54) is 0 Å². The van der Waals surface area contributed by atoms with Gasteiger partial charge in [-0.2, -0.15) is 0 Å². The molecular formula is C10H12F2N2O2S. The number of rotatable bonds is 4. The monoisotopic (exact) mass is 262 g/mol. The van der Waals surface area contributed by atoms with Gasteiger partial charge in [0.2, 0.25) is 10.0 Å². The van der Waals surface area contributed by atoms with Gasteiger partial charge < -0.3 is 5.73 Å². The van der Waals surface area contributed by atoms with Crippen molar-refractivity contribution in [3.8, 4) is 0 Å². The Hall–Kier alpha value is -1.37. The van der Waals surface area contributed by atoms with Gasteiger partial charge >= 0.3 is 0 Å². The third-order valence-electron chi connectivity index (χ3n) is 2.50. The van der Waals surface area contributed by atoms with E-state index in [9.17, 15) is 17.2 Å². The Balaban J connectivity index is 2.23. The van der Waals surface area contributed by atoms with Gasteiger partial charge in [0.05, 0.1) is 11.4 Å². The van der Waals surface area contributed by atoms with Crippen molar-refractivity contribution in [2.75, 3.05) is 16.2 Å². The lowest BCUT2D eigenvalue weighted by Crippen LogP contribution is -2.19. The third kappa shape index (κ3) is 3.06. The van der Waals surface area contributed by atoms with Crippen molar-refractivity contribution in [3.05, 3.63) is 23.8 Å². The maximum Gasteiger partial charge on any atom is 0.233 e. The van der Waals surface area contributed by atoms with E-state index in [-0.39, 0.29) is 23.0 Å². The lowest BCUT2D eigenvalue weighted by molar-refractivity contribution is 0.583. The molecule has 0 amide bonds. The molecule has 0 bridgehead atoms. The van der Waals surface area contributed by atoms with E-state index >= 15 is 0 Å². The van der Waals surface area contributed by atoms with Crippen molar-refractivity contribution in [1.29, 1.82) is 0 Å². The fourth-order valence-corrected chi connectivity index (χ4v) is 3.06. The van der Waals surface area contributed by atoms with E-state index in [1.807, 2.05) is 0 Å². The Bertz CT molecular complexity index is 518. The first-order valence-electron chi connectivity index (χ1n) is 5.12. The summed E-state index contributed by atoms with van der Waals surface area (Å²) in [4.78, 5) is 0. The molecule has 7 heteroatoms. The van der Waals surface area contributed by atoms with Crippen LogP contribution in [0.4, 0.5) is 20.2 Å². The number of nitrogens with two attached hydrogens (primary N) is 1. The third-order valence-corrected chi connectivity index (χ3v) is 3.92. The van der Waals surface area contributed by atoms with Gasteiger partial charge in [0.25, 0.3) is 0 Å². The molecule has 0 atom stereocenters. The van der Waals surface area contributed by atoms with E-state index < -0.39 is 21.7 Å². The Morgan fingerprint density at radius 1 is 1.35 bits per heavy atom. The van der Waals surface area contributed by atoms with Gasteiger partial charge in [-0.3, -0.25) is 4.72 Å². The van der Waals surface area contributed by atoms with Crippen LogP contribution in [0, 0.1) is 17.6 Å². The zero-order chi connectivity index (χ0) is 12.6. The van der Waals surface area contributed by atoms with Crippen LogP contribution in [0.1, 0.15) is 12.8 Å². The summed E-state index contributed by atoms with van der Waals surface area (Å²) in [6.07, 6.45) is 1.73. The van der Waals surface area contributed by atoms with Crippen LogP contribution in [0.25, 0.3) is 0 Å². The summed E-state index contributed by atoms with van der Waals surface area (Å²) in [5.41, 5.74) is 4.72. The molecule has 17 heavy (non-hydrogen) atoms. The smallest absolute Gasteiger partial charge is 0.233 e. The average molecular weight is 262 g/mol.